The van der Waals surface area contributed by atoms with Crippen LogP contribution in [0.4, 0.5) is 0 Å². The Balaban J connectivity index is 0.922. The summed E-state index contributed by atoms with van der Waals surface area (Å²) >= 11 is 0. The average molecular weight is 775 g/mol. The molecule has 2 amide bonds. The third-order valence-corrected chi connectivity index (χ3v) is 11.6. The molecule has 298 valence electrons. The van der Waals surface area contributed by atoms with Gasteiger partial charge in [-0.25, -0.2) is 9.97 Å². The molecule has 2 saturated heterocycles. The van der Waals surface area contributed by atoms with Crippen LogP contribution in [0.25, 0.3) is 33.6 Å². The molecule has 58 heavy (non-hydrogen) atoms. The van der Waals surface area contributed by atoms with Crippen molar-refractivity contribution in [3.8, 4) is 33.6 Å². The van der Waals surface area contributed by atoms with Gasteiger partial charge in [-0.1, -0.05) is 123 Å². The summed E-state index contributed by atoms with van der Waals surface area (Å²) in [6, 6.07) is 36.1. The summed E-state index contributed by atoms with van der Waals surface area (Å²) in [6.45, 7) is 7.23. The van der Waals surface area contributed by atoms with Gasteiger partial charge in [-0.3, -0.25) is 9.59 Å². The summed E-state index contributed by atoms with van der Waals surface area (Å²) in [5.41, 5.74) is 8.17. The van der Waals surface area contributed by atoms with Crippen molar-refractivity contribution < 1.29 is 9.59 Å². The topological polar surface area (TPSA) is 122 Å². The van der Waals surface area contributed by atoms with E-state index in [1.807, 2.05) is 82.9 Å². The lowest BCUT2D eigenvalue weighted by atomic mass is 10.0. The van der Waals surface area contributed by atoms with Gasteiger partial charge in [0.05, 0.1) is 35.9 Å². The van der Waals surface area contributed by atoms with Crippen LogP contribution in [0.3, 0.4) is 0 Å². The fourth-order valence-electron chi connectivity index (χ4n) is 8.51. The Morgan fingerprint density at radius 1 is 0.586 bits per heavy atom. The van der Waals surface area contributed by atoms with E-state index in [-0.39, 0.29) is 36.0 Å². The van der Waals surface area contributed by atoms with Crippen LogP contribution in [-0.2, 0) is 9.59 Å². The first-order valence-corrected chi connectivity index (χ1v) is 21.0. The van der Waals surface area contributed by atoms with Crippen molar-refractivity contribution in [2.45, 2.75) is 76.5 Å². The van der Waals surface area contributed by atoms with Crippen LogP contribution in [0.2, 0.25) is 0 Å². The molecular formula is C48H54N8O2. The smallest absolute Gasteiger partial charge is 0.244 e. The van der Waals surface area contributed by atoms with Crippen LogP contribution in [-0.4, -0.2) is 67.7 Å². The van der Waals surface area contributed by atoms with Gasteiger partial charge in [0, 0.05) is 13.1 Å². The molecule has 0 radical (unpaired) electrons. The maximum atomic E-state index is 14.0. The minimum Gasteiger partial charge on any atom is -0.340 e. The number of rotatable bonds is 15. The highest BCUT2D eigenvalue weighted by molar-refractivity contribution is 5.85. The molecule has 10 nitrogen and oxygen atoms in total. The second kappa shape index (κ2) is 18.2. The van der Waals surface area contributed by atoms with E-state index in [0.717, 1.165) is 121 Å². The monoisotopic (exact) mass is 774 g/mol. The first kappa shape index (κ1) is 39.0. The van der Waals surface area contributed by atoms with Gasteiger partial charge in [0.2, 0.25) is 11.8 Å². The number of hydrogen-bond donors (Lipinski definition) is 4. The number of carbonyl (C=O) groups is 2. The van der Waals surface area contributed by atoms with Gasteiger partial charge in [-0.05, 0) is 85.0 Å². The molecule has 6 aromatic rings. The number of hydrogen-bond acceptors (Lipinski definition) is 6. The molecule has 0 aliphatic carbocycles. The number of aromatic nitrogens is 4. The van der Waals surface area contributed by atoms with Gasteiger partial charge >= 0.3 is 0 Å². The molecule has 1 unspecified atom stereocenters. The first-order valence-electron chi connectivity index (χ1n) is 21.0. The van der Waals surface area contributed by atoms with Crippen molar-refractivity contribution >= 4 is 11.8 Å². The quantitative estimate of drug-likeness (QED) is 0.0827. The Morgan fingerprint density at radius 3 is 1.34 bits per heavy atom. The number of likely N-dealkylation sites (tertiary alicyclic amines) is 2. The molecular weight excluding hydrogens is 721 g/mol. The van der Waals surface area contributed by atoms with Crippen LogP contribution < -0.4 is 10.6 Å². The molecule has 0 saturated carbocycles. The normalized spacial score (nSPS) is 17.8. The van der Waals surface area contributed by atoms with E-state index in [9.17, 15) is 9.59 Å². The van der Waals surface area contributed by atoms with Crippen molar-refractivity contribution in [2.24, 2.45) is 0 Å². The van der Waals surface area contributed by atoms with Crippen molar-refractivity contribution in [2.75, 3.05) is 26.2 Å². The summed E-state index contributed by atoms with van der Waals surface area (Å²) in [5.74, 6) is 1.86. The zero-order valence-electron chi connectivity index (χ0n) is 33.5. The largest absolute Gasteiger partial charge is 0.340 e. The number of imidazole rings is 2. The zero-order chi connectivity index (χ0) is 39.8. The van der Waals surface area contributed by atoms with Crippen LogP contribution >= 0.6 is 0 Å². The fourth-order valence-corrected chi connectivity index (χ4v) is 8.51. The molecule has 0 bridgehead atoms. The number of nitrogens with one attached hydrogen (secondary N) is 4. The summed E-state index contributed by atoms with van der Waals surface area (Å²) in [7, 11) is 0. The van der Waals surface area contributed by atoms with Crippen molar-refractivity contribution in [3.05, 3.63) is 144 Å². The van der Waals surface area contributed by atoms with Gasteiger partial charge in [-0.2, -0.15) is 0 Å². The average Bonchev–Trinajstić information content (AvgIpc) is 4.12. The molecule has 4 aromatic carbocycles. The van der Waals surface area contributed by atoms with Gasteiger partial charge in [0.15, 0.2) is 0 Å². The Hall–Kier alpha value is -5.84. The maximum absolute atomic E-state index is 14.0. The number of aromatic amines is 2. The van der Waals surface area contributed by atoms with E-state index in [0.29, 0.717) is 0 Å². The lowest BCUT2D eigenvalue weighted by Gasteiger charge is -2.28. The second-order valence-electron chi connectivity index (χ2n) is 15.5. The standard InChI is InChI=1S/C48H54N8O2/c1-3-27-49-43(37-13-7-5-8-14-37)47(57)55-29-11-17-41(55)45-51-31-39(53-45)35-23-19-33(20-24-35)34-21-25-36(26-22-34)40-32-52-46(54-40)42-18-12-30-56(42)48(58)44(50-28-4-2)38-15-9-6-10-16-38/h5-10,13-16,19-26,31-32,41-44,49-50H,3-4,11-12,17-18,27-30H2,1-2H3,(H,51,53)(H,52,54)/t41-,42?,43+,44+/m0/s1. The Bertz CT molecular complexity index is 2090. The number of carbonyl (C=O) groups excluding carboxylic acids is 2. The van der Waals surface area contributed by atoms with Gasteiger partial charge < -0.3 is 30.4 Å². The molecule has 2 aromatic heterocycles. The highest BCUT2D eigenvalue weighted by Crippen LogP contribution is 2.36. The highest BCUT2D eigenvalue weighted by Gasteiger charge is 2.37. The van der Waals surface area contributed by atoms with Crippen LogP contribution in [0.5, 0.6) is 0 Å². The van der Waals surface area contributed by atoms with E-state index in [4.69, 9.17) is 9.97 Å². The second-order valence-corrected chi connectivity index (χ2v) is 15.5. The Labute approximate surface area is 341 Å². The Kier molecular flexibility index (Phi) is 12.2. The molecule has 0 spiro atoms. The summed E-state index contributed by atoms with van der Waals surface area (Å²) in [6.07, 6.45) is 9.34. The molecule has 2 fully saturated rings. The summed E-state index contributed by atoms with van der Waals surface area (Å²) in [5, 5.41) is 6.97. The predicted octanol–water partition coefficient (Wildman–Crippen LogP) is 8.94. The van der Waals surface area contributed by atoms with Crippen LogP contribution in [0.1, 0.15) is 99.3 Å². The van der Waals surface area contributed by atoms with E-state index < -0.39 is 0 Å². The van der Waals surface area contributed by atoms with Crippen molar-refractivity contribution in [3.63, 3.8) is 0 Å². The number of amides is 2. The highest BCUT2D eigenvalue weighted by atomic mass is 16.2. The van der Waals surface area contributed by atoms with E-state index in [1.54, 1.807) is 0 Å². The minimum absolute atomic E-state index is 0.0842. The molecule has 10 heteroatoms. The molecule has 8 rings (SSSR count). The zero-order valence-corrected chi connectivity index (χ0v) is 33.5. The maximum Gasteiger partial charge on any atom is 0.244 e. The Morgan fingerprint density at radius 2 is 0.966 bits per heavy atom. The van der Waals surface area contributed by atoms with Gasteiger partial charge in [0.25, 0.3) is 0 Å². The number of H-pyrrole nitrogens is 2. The molecule has 4 heterocycles. The minimum atomic E-state index is -0.374. The SMILES string of the molecule is CCCN[C@@H](C(=O)N1CCCC1c1ncc(-c2ccc(-c3ccc(-c4cnc([C@@H]5CCCN5C(=O)[C@H](NCCC)c5ccccc5)[nH]4)cc3)cc2)[nH]1)c1ccccc1. The van der Waals surface area contributed by atoms with Crippen LogP contribution in [0.15, 0.2) is 122 Å². The van der Waals surface area contributed by atoms with Crippen LogP contribution in [0, 0.1) is 0 Å². The van der Waals surface area contributed by atoms with Gasteiger partial charge in [-0.15, -0.1) is 0 Å². The molecule has 4 N–H and O–H groups in total. The third kappa shape index (κ3) is 8.40. The van der Waals surface area contributed by atoms with E-state index in [1.165, 1.54) is 0 Å². The summed E-state index contributed by atoms with van der Waals surface area (Å²) in [4.78, 5) is 48.6. The fraction of sp³-hybridized carbons (Fsp3) is 0.333. The third-order valence-electron chi connectivity index (χ3n) is 11.6. The lowest BCUT2D eigenvalue weighted by Crippen LogP contribution is -2.41. The van der Waals surface area contributed by atoms with E-state index in [2.05, 4.69) is 83.0 Å². The van der Waals surface area contributed by atoms with Gasteiger partial charge in [0.1, 0.15) is 23.7 Å². The molecule has 2 aliphatic heterocycles. The summed E-state index contributed by atoms with van der Waals surface area (Å²) < 4.78 is 0. The van der Waals surface area contributed by atoms with E-state index >= 15 is 0 Å². The van der Waals surface area contributed by atoms with Crippen molar-refractivity contribution in [1.29, 1.82) is 0 Å². The predicted molar refractivity (Wildman–Crippen MR) is 229 cm³/mol. The first-order chi connectivity index (χ1) is 28.5. The number of nitrogens with zero attached hydrogens (tertiary/aromatic N) is 4. The number of benzene rings is 4. The molecule has 4 atom stereocenters. The lowest BCUT2D eigenvalue weighted by molar-refractivity contribution is -0.135. The molecule has 2 aliphatic rings. The van der Waals surface area contributed by atoms with Crippen molar-refractivity contribution in [1.82, 2.24) is 40.4 Å².